The number of nitrogens with zero attached hydrogens (tertiary/aromatic N) is 2. The molecular formula is C14H24N6O. The van der Waals surface area contributed by atoms with Crippen LogP contribution in [0.1, 0.15) is 50.4 Å². The predicted octanol–water partition coefficient (Wildman–Crippen LogP) is 1.27. The minimum atomic E-state index is -0.358. The maximum Gasteiger partial charge on any atom is 0.242 e. The molecule has 2 rings (SSSR count). The molecule has 1 saturated carbocycles. The van der Waals surface area contributed by atoms with Crippen molar-refractivity contribution in [2.75, 3.05) is 17.3 Å². The second-order valence-corrected chi connectivity index (χ2v) is 5.48. The van der Waals surface area contributed by atoms with Crippen LogP contribution in [0.15, 0.2) is 0 Å². The average molecular weight is 292 g/mol. The molecule has 1 aromatic rings. The zero-order chi connectivity index (χ0) is 15.4. The number of nitrogens with one attached hydrogen (secondary N) is 3. The summed E-state index contributed by atoms with van der Waals surface area (Å²) >= 11 is 0. The molecule has 1 heterocycles. The van der Waals surface area contributed by atoms with Gasteiger partial charge in [0.05, 0.1) is 0 Å². The molecule has 21 heavy (non-hydrogen) atoms. The Bertz CT molecular complexity index is 514. The van der Waals surface area contributed by atoms with Gasteiger partial charge in [0.25, 0.3) is 0 Å². The third-order valence-corrected chi connectivity index (χ3v) is 3.54. The van der Waals surface area contributed by atoms with E-state index in [0.29, 0.717) is 24.1 Å². The number of carbonyl (C=O) groups excluding carboxylic acids is 1. The molecule has 1 aromatic heterocycles. The Morgan fingerprint density at radius 1 is 1.38 bits per heavy atom. The molecule has 5 N–H and O–H groups in total. The maximum absolute atomic E-state index is 11.9. The first-order valence-electron chi connectivity index (χ1n) is 7.46. The van der Waals surface area contributed by atoms with E-state index in [2.05, 4.69) is 26.0 Å². The SMILES string of the molecule is CCCNC(=O)C(C)Nc1nc(C2CC2)nc(NN)c1C. The highest BCUT2D eigenvalue weighted by molar-refractivity contribution is 5.84. The number of nitrogens with two attached hydrogens (primary N) is 1. The van der Waals surface area contributed by atoms with E-state index >= 15 is 0 Å². The zero-order valence-corrected chi connectivity index (χ0v) is 12.9. The molecule has 1 atom stereocenters. The number of hydrogen-bond acceptors (Lipinski definition) is 6. The van der Waals surface area contributed by atoms with Crippen LogP contribution in [0.4, 0.5) is 11.6 Å². The van der Waals surface area contributed by atoms with Gasteiger partial charge >= 0.3 is 0 Å². The Morgan fingerprint density at radius 2 is 2.05 bits per heavy atom. The van der Waals surface area contributed by atoms with Crippen LogP contribution in [-0.2, 0) is 4.79 Å². The largest absolute Gasteiger partial charge is 0.358 e. The summed E-state index contributed by atoms with van der Waals surface area (Å²) in [6.45, 7) is 6.40. The molecule has 7 heteroatoms. The fourth-order valence-corrected chi connectivity index (χ4v) is 2.01. The fourth-order valence-electron chi connectivity index (χ4n) is 2.01. The fraction of sp³-hybridized carbons (Fsp3) is 0.643. The number of aromatic nitrogens is 2. The van der Waals surface area contributed by atoms with Gasteiger partial charge in [-0.1, -0.05) is 6.92 Å². The highest BCUT2D eigenvalue weighted by Gasteiger charge is 2.28. The Hall–Kier alpha value is -1.89. The third-order valence-electron chi connectivity index (χ3n) is 3.54. The lowest BCUT2D eigenvalue weighted by Crippen LogP contribution is -2.38. The van der Waals surface area contributed by atoms with Crippen molar-refractivity contribution in [2.24, 2.45) is 5.84 Å². The van der Waals surface area contributed by atoms with E-state index < -0.39 is 0 Å². The molecule has 0 saturated heterocycles. The summed E-state index contributed by atoms with van der Waals surface area (Å²) in [4.78, 5) is 20.9. The van der Waals surface area contributed by atoms with E-state index in [1.54, 1.807) is 0 Å². The van der Waals surface area contributed by atoms with E-state index in [1.165, 1.54) is 0 Å². The third kappa shape index (κ3) is 3.81. The molecular weight excluding hydrogens is 268 g/mol. The highest BCUT2D eigenvalue weighted by atomic mass is 16.2. The molecule has 0 spiro atoms. The van der Waals surface area contributed by atoms with Gasteiger partial charge in [-0.15, -0.1) is 0 Å². The molecule has 7 nitrogen and oxygen atoms in total. The van der Waals surface area contributed by atoms with Gasteiger partial charge in [0, 0.05) is 18.0 Å². The number of nitrogen functional groups attached to an aromatic ring is 1. The molecule has 0 aromatic carbocycles. The predicted molar refractivity (Wildman–Crippen MR) is 82.9 cm³/mol. The van der Waals surface area contributed by atoms with Crippen molar-refractivity contribution in [2.45, 2.75) is 52.0 Å². The summed E-state index contributed by atoms with van der Waals surface area (Å²) in [5.74, 6) is 7.96. The summed E-state index contributed by atoms with van der Waals surface area (Å²) in [5, 5.41) is 6.02. The van der Waals surface area contributed by atoms with Crippen LogP contribution in [-0.4, -0.2) is 28.5 Å². The van der Waals surface area contributed by atoms with E-state index in [0.717, 1.165) is 30.7 Å². The van der Waals surface area contributed by atoms with Crippen molar-refractivity contribution in [3.8, 4) is 0 Å². The topological polar surface area (TPSA) is 105 Å². The van der Waals surface area contributed by atoms with Crippen LogP contribution in [0.25, 0.3) is 0 Å². The van der Waals surface area contributed by atoms with Crippen molar-refractivity contribution < 1.29 is 4.79 Å². The van der Waals surface area contributed by atoms with Crippen LogP contribution in [0, 0.1) is 6.92 Å². The summed E-state index contributed by atoms with van der Waals surface area (Å²) in [7, 11) is 0. The van der Waals surface area contributed by atoms with Crippen molar-refractivity contribution in [1.82, 2.24) is 15.3 Å². The maximum atomic E-state index is 11.9. The number of rotatable bonds is 7. The van der Waals surface area contributed by atoms with E-state index in [-0.39, 0.29) is 11.9 Å². The smallest absolute Gasteiger partial charge is 0.242 e. The standard InChI is InChI=1S/C14H24N6O/c1-4-7-16-14(21)9(3)17-11-8(2)12(20-15)19-13(18-11)10-5-6-10/h9-10H,4-7,15H2,1-3H3,(H,16,21)(H2,17,18,19,20). The number of anilines is 2. The minimum Gasteiger partial charge on any atom is -0.358 e. The Balaban J connectivity index is 2.14. The first-order chi connectivity index (χ1) is 10.1. The molecule has 1 fully saturated rings. The molecule has 1 unspecified atom stereocenters. The van der Waals surface area contributed by atoms with Crippen LogP contribution in [0.5, 0.6) is 0 Å². The monoisotopic (exact) mass is 292 g/mol. The van der Waals surface area contributed by atoms with Crippen molar-refractivity contribution in [1.29, 1.82) is 0 Å². The van der Waals surface area contributed by atoms with Gasteiger partial charge in [-0.05, 0) is 33.1 Å². The number of carbonyl (C=O) groups is 1. The second kappa shape index (κ2) is 6.71. The van der Waals surface area contributed by atoms with E-state index in [9.17, 15) is 4.79 Å². The second-order valence-electron chi connectivity index (χ2n) is 5.48. The van der Waals surface area contributed by atoms with Crippen molar-refractivity contribution in [3.63, 3.8) is 0 Å². The summed E-state index contributed by atoms with van der Waals surface area (Å²) in [5.41, 5.74) is 3.42. The van der Waals surface area contributed by atoms with Crippen molar-refractivity contribution in [3.05, 3.63) is 11.4 Å². The van der Waals surface area contributed by atoms with E-state index in [1.807, 2.05) is 20.8 Å². The average Bonchev–Trinajstić information content (AvgIpc) is 3.31. The molecule has 116 valence electrons. The quantitative estimate of drug-likeness (QED) is 0.445. The van der Waals surface area contributed by atoms with Crippen LogP contribution < -0.4 is 21.9 Å². The molecule has 1 aliphatic rings. The summed E-state index contributed by atoms with van der Waals surface area (Å²) < 4.78 is 0. The van der Waals surface area contributed by atoms with Crippen LogP contribution in [0.2, 0.25) is 0 Å². The first-order valence-corrected chi connectivity index (χ1v) is 7.46. The van der Waals surface area contributed by atoms with Gasteiger partial charge in [-0.2, -0.15) is 0 Å². The van der Waals surface area contributed by atoms with E-state index in [4.69, 9.17) is 5.84 Å². The Labute approximate surface area is 125 Å². The number of amides is 1. The first kappa shape index (κ1) is 15.5. The van der Waals surface area contributed by atoms with Crippen LogP contribution in [0.3, 0.4) is 0 Å². The van der Waals surface area contributed by atoms with Gasteiger partial charge in [0.1, 0.15) is 23.5 Å². The van der Waals surface area contributed by atoms with Gasteiger partial charge in [-0.3, -0.25) is 4.79 Å². The summed E-state index contributed by atoms with van der Waals surface area (Å²) in [6, 6.07) is -0.358. The van der Waals surface area contributed by atoms with Crippen molar-refractivity contribution >= 4 is 17.5 Å². The minimum absolute atomic E-state index is 0.0370. The zero-order valence-electron chi connectivity index (χ0n) is 12.9. The van der Waals surface area contributed by atoms with Gasteiger partial charge in [0.15, 0.2) is 0 Å². The highest BCUT2D eigenvalue weighted by Crippen LogP contribution is 2.39. The van der Waals surface area contributed by atoms with Gasteiger partial charge in [-0.25, -0.2) is 15.8 Å². The molecule has 0 radical (unpaired) electrons. The van der Waals surface area contributed by atoms with Gasteiger partial charge < -0.3 is 16.1 Å². The molecule has 1 aliphatic carbocycles. The van der Waals surface area contributed by atoms with Crippen LogP contribution >= 0.6 is 0 Å². The molecule has 0 aliphatic heterocycles. The normalized spacial score (nSPS) is 15.4. The Kier molecular flexibility index (Phi) is 4.95. The summed E-state index contributed by atoms with van der Waals surface area (Å²) in [6.07, 6.45) is 3.14. The molecule has 0 bridgehead atoms. The lowest BCUT2D eigenvalue weighted by Gasteiger charge is -2.18. The number of hydrazine groups is 1. The number of hydrogen-bond donors (Lipinski definition) is 4. The Morgan fingerprint density at radius 3 is 2.62 bits per heavy atom. The van der Waals surface area contributed by atoms with Gasteiger partial charge in [0.2, 0.25) is 5.91 Å². The lowest BCUT2D eigenvalue weighted by atomic mass is 10.2. The molecule has 1 amide bonds. The lowest BCUT2D eigenvalue weighted by molar-refractivity contribution is -0.121.